The molecule has 4 aromatic rings. The summed E-state index contributed by atoms with van der Waals surface area (Å²) in [6, 6.07) is 13.1. The molecule has 5 nitrogen and oxygen atoms in total. The number of hydrogen-bond acceptors (Lipinski definition) is 4. The minimum Gasteiger partial charge on any atom is -0.333 e. The van der Waals surface area contributed by atoms with Crippen molar-refractivity contribution in [2.75, 3.05) is 0 Å². The van der Waals surface area contributed by atoms with Gasteiger partial charge < -0.3 is 9.97 Å². The highest BCUT2D eigenvalue weighted by atomic mass is 79.9. The van der Waals surface area contributed by atoms with Crippen LogP contribution in [-0.2, 0) is 5.75 Å². The molecule has 0 unspecified atom stereocenters. The molecule has 0 atom stereocenters. The molecule has 0 aliphatic rings. The summed E-state index contributed by atoms with van der Waals surface area (Å²) in [7, 11) is 0. The molecule has 0 bridgehead atoms. The molecule has 2 N–H and O–H groups in total. The zero-order valence-corrected chi connectivity index (χ0v) is 16.5. The Kier molecular flexibility index (Phi) is 4.84. The Morgan fingerprint density at radius 2 is 1.92 bits per heavy atom. The van der Waals surface area contributed by atoms with Crippen LogP contribution in [0.1, 0.15) is 5.82 Å². The average molecular weight is 448 g/mol. The monoisotopic (exact) mass is 446 g/mol. The van der Waals surface area contributed by atoms with E-state index in [1.54, 1.807) is 24.4 Å². The molecular formula is C18H12BrClN4OS. The van der Waals surface area contributed by atoms with Gasteiger partial charge in [0.05, 0.1) is 28.5 Å². The highest BCUT2D eigenvalue weighted by molar-refractivity contribution is 9.10. The number of imidazole rings is 1. The fraction of sp³-hybridized carbons (Fsp3) is 0.0556. The van der Waals surface area contributed by atoms with Gasteiger partial charge in [-0.25, -0.2) is 9.97 Å². The van der Waals surface area contributed by atoms with Gasteiger partial charge >= 0.3 is 0 Å². The molecule has 2 aromatic carbocycles. The number of halogens is 2. The fourth-order valence-corrected chi connectivity index (χ4v) is 3.67. The van der Waals surface area contributed by atoms with Gasteiger partial charge in [-0.1, -0.05) is 51.4 Å². The van der Waals surface area contributed by atoms with Crippen molar-refractivity contribution >= 4 is 50.2 Å². The zero-order valence-electron chi connectivity index (χ0n) is 13.3. The summed E-state index contributed by atoms with van der Waals surface area (Å²) in [5, 5.41) is 1.77. The summed E-state index contributed by atoms with van der Waals surface area (Å²) >= 11 is 10.8. The molecule has 0 aliphatic heterocycles. The molecule has 0 amide bonds. The summed E-state index contributed by atoms with van der Waals surface area (Å²) < 4.78 is 1.03. The molecule has 130 valence electrons. The molecule has 8 heteroatoms. The topological polar surface area (TPSA) is 74.4 Å². The second-order valence-corrected chi connectivity index (χ2v) is 7.89. The van der Waals surface area contributed by atoms with Gasteiger partial charge in [0.2, 0.25) is 0 Å². The van der Waals surface area contributed by atoms with E-state index in [1.165, 1.54) is 11.8 Å². The van der Waals surface area contributed by atoms with Crippen LogP contribution in [0.25, 0.3) is 22.2 Å². The number of aromatic amines is 2. The minimum absolute atomic E-state index is 0.192. The Morgan fingerprint density at radius 1 is 1.12 bits per heavy atom. The Balaban J connectivity index is 1.52. The third kappa shape index (κ3) is 3.70. The molecule has 0 fully saturated rings. The smallest absolute Gasteiger partial charge is 0.258 e. The van der Waals surface area contributed by atoms with Crippen LogP contribution in [0.4, 0.5) is 0 Å². The van der Waals surface area contributed by atoms with Crippen molar-refractivity contribution in [1.82, 2.24) is 19.9 Å². The van der Waals surface area contributed by atoms with E-state index < -0.39 is 0 Å². The van der Waals surface area contributed by atoms with E-state index in [-0.39, 0.29) is 5.56 Å². The Hall–Kier alpha value is -2.09. The van der Waals surface area contributed by atoms with E-state index in [0.717, 1.165) is 20.9 Å². The number of thioether (sulfide) groups is 1. The molecule has 0 aliphatic carbocycles. The lowest BCUT2D eigenvalue weighted by Gasteiger charge is -2.02. The van der Waals surface area contributed by atoms with Crippen molar-refractivity contribution in [1.29, 1.82) is 0 Å². The van der Waals surface area contributed by atoms with Gasteiger partial charge in [-0.3, -0.25) is 4.79 Å². The number of hydrogen-bond donors (Lipinski definition) is 2. The number of nitrogens with zero attached hydrogens (tertiary/aromatic N) is 2. The Morgan fingerprint density at radius 3 is 2.73 bits per heavy atom. The van der Waals surface area contributed by atoms with Crippen LogP contribution in [0.5, 0.6) is 0 Å². The first kappa shape index (κ1) is 17.3. The molecule has 26 heavy (non-hydrogen) atoms. The summed E-state index contributed by atoms with van der Waals surface area (Å²) in [4.78, 5) is 27.1. The summed E-state index contributed by atoms with van der Waals surface area (Å²) in [6.07, 6.45) is 1.80. The number of aromatic nitrogens is 4. The average Bonchev–Trinajstić information content (AvgIpc) is 3.10. The van der Waals surface area contributed by atoms with E-state index in [1.807, 2.05) is 24.3 Å². The minimum atomic E-state index is -0.192. The van der Waals surface area contributed by atoms with Crippen molar-refractivity contribution in [2.45, 2.75) is 10.9 Å². The van der Waals surface area contributed by atoms with Crippen LogP contribution in [0.2, 0.25) is 5.02 Å². The molecule has 4 rings (SSSR count). The quantitative estimate of drug-likeness (QED) is 0.431. The normalized spacial score (nSPS) is 11.2. The van der Waals surface area contributed by atoms with E-state index >= 15 is 0 Å². The highest BCUT2D eigenvalue weighted by Gasteiger charge is 2.08. The Bertz CT molecular complexity index is 1140. The van der Waals surface area contributed by atoms with Crippen LogP contribution >= 0.6 is 39.3 Å². The second-order valence-electron chi connectivity index (χ2n) is 5.57. The van der Waals surface area contributed by atoms with Crippen LogP contribution in [-0.4, -0.2) is 19.9 Å². The van der Waals surface area contributed by atoms with Crippen molar-refractivity contribution in [3.8, 4) is 11.3 Å². The fourth-order valence-electron chi connectivity index (χ4n) is 2.52. The van der Waals surface area contributed by atoms with E-state index in [2.05, 4.69) is 35.9 Å². The van der Waals surface area contributed by atoms with Crippen molar-refractivity contribution in [2.24, 2.45) is 0 Å². The van der Waals surface area contributed by atoms with Gasteiger partial charge in [-0.2, -0.15) is 0 Å². The molecule has 0 radical (unpaired) electrons. The van der Waals surface area contributed by atoms with E-state index in [0.29, 0.717) is 27.5 Å². The van der Waals surface area contributed by atoms with Crippen LogP contribution < -0.4 is 5.56 Å². The van der Waals surface area contributed by atoms with Crippen molar-refractivity contribution in [3.05, 3.63) is 74.3 Å². The van der Waals surface area contributed by atoms with Gasteiger partial charge in [-0.05, 0) is 35.9 Å². The number of benzene rings is 2. The number of fused-ring (bicyclic) bond motifs is 1. The van der Waals surface area contributed by atoms with Gasteiger partial charge in [0, 0.05) is 9.50 Å². The first-order chi connectivity index (χ1) is 12.6. The Labute approximate surface area is 166 Å². The first-order valence-corrected chi connectivity index (χ1v) is 9.86. The van der Waals surface area contributed by atoms with Gasteiger partial charge in [0.25, 0.3) is 5.56 Å². The summed E-state index contributed by atoms with van der Waals surface area (Å²) in [5.41, 5.74) is 2.43. The SMILES string of the molecule is O=c1[nH]c(CSc2ncc(-c3ccc(Br)cc3)[nH]2)nc2ccc(Cl)cc12. The zero-order chi connectivity index (χ0) is 18.1. The van der Waals surface area contributed by atoms with Crippen molar-refractivity contribution < 1.29 is 0 Å². The maximum atomic E-state index is 12.2. The second kappa shape index (κ2) is 7.26. The first-order valence-electron chi connectivity index (χ1n) is 7.71. The summed E-state index contributed by atoms with van der Waals surface area (Å²) in [5.74, 6) is 1.09. The maximum absolute atomic E-state index is 12.2. The van der Waals surface area contributed by atoms with E-state index in [9.17, 15) is 4.79 Å². The number of H-pyrrole nitrogens is 2. The van der Waals surface area contributed by atoms with Gasteiger partial charge in [-0.15, -0.1) is 0 Å². The number of nitrogens with one attached hydrogen (secondary N) is 2. The molecular weight excluding hydrogens is 436 g/mol. The van der Waals surface area contributed by atoms with E-state index in [4.69, 9.17) is 11.6 Å². The molecule has 0 spiro atoms. The third-order valence-electron chi connectivity index (χ3n) is 3.77. The van der Waals surface area contributed by atoms with Crippen LogP contribution in [0, 0.1) is 0 Å². The van der Waals surface area contributed by atoms with Crippen molar-refractivity contribution in [3.63, 3.8) is 0 Å². The maximum Gasteiger partial charge on any atom is 0.258 e. The van der Waals surface area contributed by atoms with Crippen LogP contribution in [0.3, 0.4) is 0 Å². The highest BCUT2D eigenvalue weighted by Crippen LogP contribution is 2.24. The standard InChI is InChI=1S/C18H12BrClN4OS/c19-11-3-1-10(2-4-11)15-8-21-18(23-15)26-9-16-22-14-6-5-12(20)7-13(14)17(25)24-16/h1-8H,9H2,(H,21,23)(H,22,24,25). The molecule has 0 saturated heterocycles. The lowest BCUT2D eigenvalue weighted by molar-refractivity contribution is 1.02. The lowest BCUT2D eigenvalue weighted by Crippen LogP contribution is -2.11. The number of rotatable bonds is 4. The predicted octanol–water partition coefficient (Wildman–Crippen LogP) is 5.02. The van der Waals surface area contributed by atoms with Gasteiger partial charge in [0.15, 0.2) is 5.16 Å². The molecule has 2 aromatic heterocycles. The molecule has 0 saturated carbocycles. The molecule has 2 heterocycles. The largest absolute Gasteiger partial charge is 0.333 e. The third-order valence-corrected chi connectivity index (χ3v) is 5.43. The van der Waals surface area contributed by atoms with Crippen LogP contribution in [0.15, 0.2) is 63.1 Å². The predicted molar refractivity (Wildman–Crippen MR) is 109 cm³/mol. The van der Waals surface area contributed by atoms with Gasteiger partial charge in [0.1, 0.15) is 5.82 Å². The summed E-state index contributed by atoms with van der Waals surface area (Å²) in [6.45, 7) is 0. The lowest BCUT2D eigenvalue weighted by atomic mass is 10.2.